The molecule has 0 aliphatic carbocycles. The Balaban J connectivity index is 1.54. The molecule has 2 amide bonds. The maximum Gasteiger partial charge on any atom is 0.264 e. The summed E-state index contributed by atoms with van der Waals surface area (Å²) in [6.45, 7) is 5.94. The number of ether oxygens (including phenoxy) is 1. The van der Waals surface area contributed by atoms with Crippen LogP contribution < -0.4 is 9.80 Å². The topological polar surface area (TPSA) is 90.3 Å². The lowest BCUT2D eigenvalue weighted by atomic mass is 9.82. The number of carbonyl (C=O) groups excluding carboxylic acids is 2. The molecule has 0 unspecified atom stereocenters. The molecule has 204 valence electrons. The first kappa shape index (κ1) is 27.7. The van der Waals surface area contributed by atoms with E-state index in [1.807, 2.05) is 92.8 Å². The minimum Gasteiger partial charge on any atom is -0.432 e. The number of fused-ring (bicyclic) bond motifs is 2. The Morgan fingerprint density at radius 3 is 2.46 bits per heavy atom. The van der Waals surface area contributed by atoms with Gasteiger partial charge in [0.2, 0.25) is 6.41 Å². The Labute approximate surface area is 238 Å². The highest BCUT2D eigenvalue weighted by Crippen LogP contribution is 2.60. The van der Waals surface area contributed by atoms with Gasteiger partial charge < -0.3 is 19.5 Å². The van der Waals surface area contributed by atoms with Crippen LogP contribution in [0.4, 0.5) is 17.1 Å². The zero-order valence-electron chi connectivity index (χ0n) is 22.3. The second-order valence-corrected chi connectivity index (χ2v) is 15.8. The monoisotopic (exact) mass is 608 g/mol. The van der Waals surface area contributed by atoms with Crippen LogP contribution in [0.25, 0.3) is 0 Å². The number of amides is 2. The lowest BCUT2D eigenvalue weighted by Crippen LogP contribution is -2.46. The zero-order chi connectivity index (χ0) is 27.9. The van der Waals surface area contributed by atoms with E-state index in [0.717, 1.165) is 33.4 Å². The highest BCUT2D eigenvalue weighted by molar-refractivity contribution is 9.10. The summed E-state index contributed by atoms with van der Waals surface area (Å²) in [5, 5.41) is 9.78. The van der Waals surface area contributed by atoms with Gasteiger partial charge in [-0.2, -0.15) is 0 Å². The van der Waals surface area contributed by atoms with E-state index in [2.05, 4.69) is 15.9 Å². The summed E-state index contributed by atoms with van der Waals surface area (Å²) in [7, 11) is -2.76. The largest absolute Gasteiger partial charge is 0.432 e. The summed E-state index contributed by atoms with van der Waals surface area (Å²) in [6, 6.07) is 22.8. The van der Waals surface area contributed by atoms with Crippen LogP contribution in [0.3, 0.4) is 0 Å². The van der Waals surface area contributed by atoms with E-state index in [1.165, 1.54) is 0 Å². The standard InChI is InChI=1S/C30H33BrN2O5Si/c1-20-28(39(2,3)37)27(14-15-34)38-30(20)25-17-22(31)12-13-26(25)32(29(30)36)18-21-8-7-11-24(16-21)33(19-35)23-9-5-4-6-10-23/h4-13,16-17,19-20,27-28,34,37H,14-15,18H2,1-3H3/t20-,27+,28-,30+/m0/s1. The predicted molar refractivity (Wildman–Crippen MR) is 157 cm³/mol. The number of hydrogen-bond acceptors (Lipinski definition) is 5. The maximum atomic E-state index is 14.4. The number of nitrogens with zero attached hydrogens (tertiary/aromatic N) is 2. The Morgan fingerprint density at radius 2 is 1.79 bits per heavy atom. The summed E-state index contributed by atoms with van der Waals surface area (Å²) in [5.41, 5.74) is 2.36. The molecule has 1 saturated heterocycles. The first-order chi connectivity index (χ1) is 18.6. The summed E-state index contributed by atoms with van der Waals surface area (Å²) in [5.74, 6) is -0.464. The van der Waals surface area contributed by atoms with Crippen molar-refractivity contribution in [2.75, 3.05) is 16.4 Å². The third-order valence-corrected chi connectivity index (χ3v) is 11.0. The molecule has 5 rings (SSSR count). The van der Waals surface area contributed by atoms with E-state index in [-0.39, 0.29) is 30.5 Å². The maximum absolute atomic E-state index is 14.4. The van der Waals surface area contributed by atoms with E-state index in [4.69, 9.17) is 4.74 Å². The van der Waals surface area contributed by atoms with E-state index in [1.54, 1.807) is 9.80 Å². The van der Waals surface area contributed by atoms with Gasteiger partial charge in [0.1, 0.15) is 0 Å². The van der Waals surface area contributed by atoms with Crippen molar-refractivity contribution in [2.24, 2.45) is 5.92 Å². The average Bonchev–Trinajstić information content (AvgIpc) is 3.32. The molecule has 7 nitrogen and oxygen atoms in total. The number of para-hydroxylation sites is 1. The van der Waals surface area contributed by atoms with Crippen LogP contribution in [0, 0.1) is 5.92 Å². The number of rotatable bonds is 8. The van der Waals surface area contributed by atoms with Crippen LogP contribution in [0.15, 0.2) is 77.3 Å². The Hall–Kier alpha value is -2.82. The fourth-order valence-corrected chi connectivity index (χ4v) is 9.41. The molecular formula is C30H33BrN2O5Si. The fourth-order valence-electron chi connectivity index (χ4n) is 6.45. The van der Waals surface area contributed by atoms with Crippen LogP contribution in [0.1, 0.15) is 24.5 Å². The molecule has 3 aromatic carbocycles. The SMILES string of the molecule is C[C@H]1[C@H]([Si](C)(C)O)[C@@H](CCO)O[C@]12C(=O)N(Cc1cccc(N(C=O)c3ccccc3)c1)c1ccc(Br)cc12. The molecule has 2 heterocycles. The van der Waals surface area contributed by atoms with Gasteiger partial charge >= 0.3 is 0 Å². The van der Waals surface area contributed by atoms with Crippen molar-refractivity contribution >= 4 is 53.6 Å². The molecule has 4 atom stereocenters. The van der Waals surface area contributed by atoms with E-state index < -0.39 is 20.0 Å². The normalized spacial score (nSPS) is 24.3. The molecule has 3 aromatic rings. The highest BCUT2D eigenvalue weighted by Gasteiger charge is 2.66. The first-order valence-electron chi connectivity index (χ1n) is 13.1. The Bertz CT molecular complexity index is 1380. The van der Waals surface area contributed by atoms with E-state index >= 15 is 0 Å². The van der Waals surface area contributed by atoms with Crippen molar-refractivity contribution < 1.29 is 24.2 Å². The first-order valence-corrected chi connectivity index (χ1v) is 16.9. The van der Waals surface area contributed by atoms with Crippen molar-refractivity contribution in [1.82, 2.24) is 0 Å². The van der Waals surface area contributed by atoms with Gasteiger partial charge in [-0.1, -0.05) is 53.2 Å². The molecule has 39 heavy (non-hydrogen) atoms. The number of anilines is 3. The lowest BCUT2D eigenvalue weighted by molar-refractivity contribution is -0.146. The molecule has 0 radical (unpaired) electrons. The molecule has 2 N–H and O–H groups in total. The second-order valence-electron chi connectivity index (χ2n) is 10.9. The zero-order valence-corrected chi connectivity index (χ0v) is 24.8. The van der Waals surface area contributed by atoms with Crippen molar-refractivity contribution in [1.29, 1.82) is 0 Å². The summed E-state index contributed by atoms with van der Waals surface area (Å²) in [4.78, 5) is 41.0. The summed E-state index contributed by atoms with van der Waals surface area (Å²) in [6.07, 6.45) is 0.712. The molecule has 0 bridgehead atoms. The second kappa shape index (κ2) is 10.6. The number of aliphatic hydroxyl groups is 1. The third kappa shape index (κ3) is 4.76. The molecule has 9 heteroatoms. The Morgan fingerprint density at radius 1 is 1.08 bits per heavy atom. The van der Waals surface area contributed by atoms with Crippen LogP contribution in [-0.4, -0.2) is 43.2 Å². The van der Waals surface area contributed by atoms with Gasteiger partial charge in [-0.15, -0.1) is 0 Å². The summed E-state index contributed by atoms with van der Waals surface area (Å²) >= 11 is 3.57. The summed E-state index contributed by atoms with van der Waals surface area (Å²) < 4.78 is 7.48. The van der Waals surface area contributed by atoms with Crippen molar-refractivity contribution in [3.05, 3.63) is 88.4 Å². The third-order valence-electron chi connectivity index (χ3n) is 8.03. The van der Waals surface area contributed by atoms with Crippen LogP contribution >= 0.6 is 15.9 Å². The minimum atomic E-state index is -2.76. The molecule has 2 aliphatic heterocycles. The van der Waals surface area contributed by atoms with Crippen molar-refractivity contribution in [3.63, 3.8) is 0 Å². The highest BCUT2D eigenvalue weighted by atomic mass is 79.9. The van der Waals surface area contributed by atoms with E-state index in [0.29, 0.717) is 12.1 Å². The van der Waals surface area contributed by atoms with Gasteiger partial charge in [0, 0.05) is 39.5 Å². The number of halogens is 1. The number of benzene rings is 3. The quantitative estimate of drug-likeness (QED) is 0.261. The predicted octanol–water partition coefficient (Wildman–Crippen LogP) is 5.47. The van der Waals surface area contributed by atoms with Crippen molar-refractivity contribution in [2.45, 2.75) is 50.2 Å². The molecule has 2 aliphatic rings. The number of carbonyl (C=O) groups is 2. The molecule has 1 spiro atoms. The lowest BCUT2D eigenvalue weighted by Gasteiger charge is -2.32. The van der Waals surface area contributed by atoms with E-state index in [9.17, 15) is 19.5 Å². The number of hydrogen-bond donors (Lipinski definition) is 2. The van der Waals surface area contributed by atoms with Gasteiger partial charge in [0.15, 0.2) is 13.9 Å². The van der Waals surface area contributed by atoms with Crippen LogP contribution in [0.5, 0.6) is 0 Å². The van der Waals surface area contributed by atoms with Gasteiger partial charge in [-0.3, -0.25) is 14.5 Å². The molecule has 1 fully saturated rings. The van der Waals surface area contributed by atoms with Gasteiger partial charge in [0.05, 0.1) is 18.3 Å². The van der Waals surface area contributed by atoms with Crippen molar-refractivity contribution in [3.8, 4) is 0 Å². The molecule has 0 saturated carbocycles. The van der Waals surface area contributed by atoms with Gasteiger partial charge in [-0.05, 0) is 67.5 Å². The fraction of sp³-hybridized carbons (Fsp3) is 0.333. The van der Waals surface area contributed by atoms with Gasteiger partial charge in [-0.25, -0.2) is 0 Å². The number of aliphatic hydroxyl groups excluding tert-OH is 1. The minimum absolute atomic E-state index is 0.0842. The van der Waals surface area contributed by atoms with Gasteiger partial charge in [0.25, 0.3) is 5.91 Å². The average molecular weight is 610 g/mol. The molecule has 0 aromatic heterocycles. The van der Waals surface area contributed by atoms with Crippen LogP contribution in [0.2, 0.25) is 18.6 Å². The smallest absolute Gasteiger partial charge is 0.264 e. The Kier molecular flexibility index (Phi) is 7.56. The molecular weight excluding hydrogens is 576 g/mol. The van der Waals surface area contributed by atoms with Crippen LogP contribution in [-0.2, 0) is 26.5 Å².